The van der Waals surface area contributed by atoms with Gasteiger partial charge in [-0.15, -0.1) is 0 Å². The molecule has 0 unspecified atom stereocenters. The fourth-order valence-electron chi connectivity index (χ4n) is 1.69. The molecule has 0 atom stereocenters. The van der Waals surface area contributed by atoms with Crippen LogP contribution in [-0.4, -0.2) is 39.8 Å². The van der Waals surface area contributed by atoms with Crippen molar-refractivity contribution in [1.29, 1.82) is 0 Å². The first kappa shape index (κ1) is 13.4. The Bertz CT molecular complexity index is 590. The fourth-order valence-corrected chi connectivity index (χ4v) is 1.69. The Morgan fingerprint density at radius 2 is 2.37 bits per heavy atom. The van der Waals surface area contributed by atoms with Crippen LogP contribution in [0.2, 0.25) is 0 Å². The zero-order valence-corrected chi connectivity index (χ0v) is 11.0. The predicted molar refractivity (Wildman–Crippen MR) is 70.6 cm³/mol. The van der Waals surface area contributed by atoms with Crippen LogP contribution in [0, 0.1) is 0 Å². The summed E-state index contributed by atoms with van der Waals surface area (Å²) in [5.74, 6) is 1.11. The van der Waals surface area contributed by atoms with Gasteiger partial charge in [0.2, 0.25) is 0 Å². The number of methoxy groups -OCH3 is 1. The Morgan fingerprint density at radius 1 is 1.53 bits per heavy atom. The quantitative estimate of drug-likeness (QED) is 0.711. The molecule has 0 aliphatic heterocycles. The van der Waals surface area contributed by atoms with E-state index in [1.54, 1.807) is 24.1 Å². The largest absolute Gasteiger partial charge is 0.383 e. The van der Waals surface area contributed by atoms with Gasteiger partial charge in [0.05, 0.1) is 12.3 Å². The third-order valence-electron chi connectivity index (χ3n) is 2.62. The van der Waals surface area contributed by atoms with Crippen molar-refractivity contribution < 1.29 is 4.74 Å². The number of hydrogen-bond acceptors (Lipinski definition) is 5. The van der Waals surface area contributed by atoms with Crippen molar-refractivity contribution in [3.63, 3.8) is 0 Å². The molecule has 2 N–H and O–H groups in total. The molecule has 0 aliphatic rings. The highest BCUT2D eigenvalue weighted by Crippen LogP contribution is 2.09. The second kappa shape index (κ2) is 6.26. The van der Waals surface area contributed by atoms with Gasteiger partial charge in [-0.2, -0.15) is 0 Å². The molecule has 2 aromatic heterocycles. The lowest BCUT2D eigenvalue weighted by atomic mass is 10.3. The molecule has 19 heavy (non-hydrogen) atoms. The molecule has 7 heteroatoms. The molecular formula is C12H17N5O2. The molecule has 2 aromatic rings. The minimum atomic E-state index is -0.184. The number of hydrogen-bond donors (Lipinski definition) is 2. The Morgan fingerprint density at radius 3 is 3.05 bits per heavy atom. The third-order valence-corrected chi connectivity index (χ3v) is 2.62. The van der Waals surface area contributed by atoms with Crippen LogP contribution in [0.25, 0.3) is 11.6 Å². The van der Waals surface area contributed by atoms with Crippen LogP contribution in [0.1, 0.15) is 5.69 Å². The topological polar surface area (TPSA) is 84.8 Å². The maximum atomic E-state index is 11.6. The van der Waals surface area contributed by atoms with E-state index in [9.17, 15) is 4.79 Å². The first-order valence-electron chi connectivity index (χ1n) is 5.98. The van der Waals surface area contributed by atoms with E-state index in [2.05, 4.69) is 20.3 Å². The second-order valence-electron chi connectivity index (χ2n) is 4.12. The van der Waals surface area contributed by atoms with Gasteiger partial charge in [-0.25, -0.2) is 9.97 Å². The molecule has 0 fully saturated rings. The van der Waals surface area contributed by atoms with Gasteiger partial charge in [-0.3, -0.25) is 4.79 Å². The summed E-state index contributed by atoms with van der Waals surface area (Å²) in [6.07, 6.45) is 3.47. The van der Waals surface area contributed by atoms with Crippen molar-refractivity contribution in [1.82, 2.24) is 24.8 Å². The Labute approximate surface area is 110 Å². The summed E-state index contributed by atoms with van der Waals surface area (Å²) in [4.78, 5) is 22.9. The molecule has 0 aliphatic carbocycles. The van der Waals surface area contributed by atoms with Crippen LogP contribution in [0.5, 0.6) is 0 Å². The van der Waals surface area contributed by atoms with Crippen LogP contribution in [0.3, 0.4) is 0 Å². The number of rotatable bonds is 6. The van der Waals surface area contributed by atoms with Crippen molar-refractivity contribution >= 4 is 0 Å². The first-order chi connectivity index (χ1) is 9.20. The number of H-pyrrole nitrogens is 1. The Hall–Kier alpha value is -1.99. The summed E-state index contributed by atoms with van der Waals surface area (Å²) in [5, 5.41) is 3.15. The zero-order chi connectivity index (χ0) is 13.7. The molecular weight excluding hydrogens is 246 g/mol. The van der Waals surface area contributed by atoms with Gasteiger partial charge in [0.1, 0.15) is 0 Å². The summed E-state index contributed by atoms with van der Waals surface area (Å²) in [6.45, 7) is 1.85. The molecule has 2 rings (SSSR count). The van der Waals surface area contributed by atoms with Crippen molar-refractivity contribution in [2.75, 3.05) is 20.3 Å². The molecule has 0 radical (unpaired) electrons. The number of nitrogens with zero attached hydrogens (tertiary/aromatic N) is 3. The predicted octanol–water partition coefficient (Wildman–Crippen LogP) is -0.0936. The van der Waals surface area contributed by atoms with Gasteiger partial charge >= 0.3 is 0 Å². The highest BCUT2D eigenvalue weighted by molar-refractivity contribution is 5.43. The van der Waals surface area contributed by atoms with Crippen LogP contribution >= 0.6 is 0 Å². The van der Waals surface area contributed by atoms with E-state index >= 15 is 0 Å². The summed E-state index contributed by atoms with van der Waals surface area (Å²) in [5.41, 5.74) is 0.495. The molecule has 102 valence electrons. The molecule has 0 aromatic carbocycles. The second-order valence-corrected chi connectivity index (χ2v) is 4.12. The number of aromatic nitrogens is 4. The summed E-state index contributed by atoms with van der Waals surface area (Å²) < 4.78 is 6.74. The normalized spacial score (nSPS) is 10.8. The molecule has 0 saturated carbocycles. The SMILES string of the molecule is COCCNCc1cc(=O)[nH]c(-c2nccn2C)n1. The number of aryl methyl sites for hydroxylation is 1. The standard InChI is InChI=1S/C12H17N5O2/c1-17-5-3-14-12(17)11-15-9(7-10(18)16-11)8-13-4-6-19-2/h3,5,7,13H,4,6,8H2,1-2H3,(H,15,16,18). The van der Waals surface area contributed by atoms with Gasteiger partial charge in [0.25, 0.3) is 5.56 Å². The first-order valence-corrected chi connectivity index (χ1v) is 5.98. The van der Waals surface area contributed by atoms with Gasteiger partial charge in [0, 0.05) is 45.7 Å². The van der Waals surface area contributed by atoms with Crippen molar-refractivity contribution in [3.8, 4) is 11.6 Å². The highest BCUT2D eigenvalue weighted by atomic mass is 16.5. The van der Waals surface area contributed by atoms with Crippen molar-refractivity contribution in [2.24, 2.45) is 7.05 Å². The molecule has 0 spiro atoms. The number of ether oxygens (including phenoxy) is 1. The van der Waals surface area contributed by atoms with Crippen LogP contribution in [0.15, 0.2) is 23.3 Å². The minimum absolute atomic E-state index is 0.184. The lowest BCUT2D eigenvalue weighted by Crippen LogP contribution is -2.21. The average Bonchev–Trinajstić information content (AvgIpc) is 2.80. The van der Waals surface area contributed by atoms with E-state index in [4.69, 9.17) is 4.74 Å². The van der Waals surface area contributed by atoms with Crippen molar-refractivity contribution in [2.45, 2.75) is 6.54 Å². The van der Waals surface area contributed by atoms with Gasteiger partial charge in [0.15, 0.2) is 11.6 Å². The number of nitrogens with one attached hydrogen (secondary N) is 2. The van der Waals surface area contributed by atoms with Crippen molar-refractivity contribution in [3.05, 3.63) is 34.5 Å². The van der Waals surface area contributed by atoms with E-state index in [1.807, 2.05) is 7.05 Å². The molecule has 0 bridgehead atoms. The Kier molecular flexibility index (Phi) is 4.43. The smallest absolute Gasteiger partial charge is 0.251 e. The summed E-state index contributed by atoms with van der Waals surface area (Å²) in [7, 11) is 3.50. The van der Waals surface area contributed by atoms with Gasteiger partial charge in [-0.05, 0) is 0 Å². The van der Waals surface area contributed by atoms with E-state index in [-0.39, 0.29) is 5.56 Å². The number of imidazole rings is 1. The zero-order valence-electron chi connectivity index (χ0n) is 11.0. The molecule has 7 nitrogen and oxygen atoms in total. The van der Waals surface area contributed by atoms with Crippen LogP contribution < -0.4 is 10.9 Å². The monoisotopic (exact) mass is 263 g/mol. The molecule has 0 saturated heterocycles. The van der Waals surface area contributed by atoms with Crippen LogP contribution in [0.4, 0.5) is 0 Å². The highest BCUT2D eigenvalue weighted by Gasteiger charge is 2.08. The van der Waals surface area contributed by atoms with Crippen LogP contribution in [-0.2, 0) is 18.3 Å². The third kappa shape index (κ3) is 3.49. The van der Waals surface area contributed by atoms with E-state index in [1.165, 1.54) is 6.07 Å². The molecule has 2 heterocycles. The van der Waals surface area contributed by atoms with E-state index in [0.717, 1.165) is 0 Å². The minimum Gasteiger partial charge on any atom is -0.383 e. The van der Waals surface area contributed by atoms with Gasteiger partial charge in [-0.1, -0.05) is 0 Å². The summed E-state index contributed by atoms with van der Waals surface area (Å²) in [6, 6.07) is 1.48. The number of aromatic amines is 1. The van der Waals surface area contributed by atoms with E-state index < -0.39 is 0 Å². The average molecular weight is 263 g/mol. The summed E-state index contributed by atoms with van der Waals surface area (Å²) >= 11 is 0. The molecule has 0 amide bonds. The lowest BCUT2D eigenvalue weighted by molar-refractivity contribution is 0.199. The fraction of sp³-hybridized carbons (Fsp3) is 0.417. The maximum absolute atomic E-state index is 11.6. The van der Waals surface area contributed by atoms with E-state index in [0.29, 0.717) is 37.0 Å². The van der Waals surface area contributed by atoms with Gasteiger partial charge < -0.3 is 19.6 Å². The lowest BCUT2D eigenvalue weighted by Gasteiger charge is -2.05. The maximum Gasteiger partial charge on any atom is 0.251 e. The Balaban J connectivity index is 2.16.